The van der Waals surface area contributed by atoms with Crippen molar-refractivity contribution in [1.29, 1.82) is 0 Å². The second-order valence-electron chi connectivity index (χ2n) is 8.93. The van der Waals surface area contributed by atoms with Crippen molar-refractivity contribution in [1.82, 2.24) is 19.9 Å². The maximum atomic E-state index is 13.7. The molecule has 170 valence electrons. The molecular formula is C25H27FN6O. The fraction of sp³-hybridized carbons (Fsp3) is 0.400. The van der Waals surface area contributed by atoms with Crippen molar-refractivity contribution in [2.45, 2.75) is 52.5 Å². The van der Waals surface area contributed by atoms with Crippen molar-refractivity contribution in [3.05, 3.63) is 70.3 Å². The lowest BCUT2D eigenvalue weighted by atomic mass is 10.0. The summed E-state index contributed by atoms with van der Waals surface area (Å²) in [6, 6.07) is 8.39. The van der Waals surface area contributed by atoms with Crippen LogP contribution in [-0.4, -0.2) is 38.9 Å². The van der Waals surface area contributed by atoms with Crippen molar-refractivity contribution < 1.29 is 9.18 Å². The summed E-state index contributed by atoms with van der Waals surface area (Å²) in [6.45, 7) is 7.81. The van der Waals surface area contributed by atoms with E-state index >= 15 is 0 Å². The van der Waals surface area contributed by atoms with Gasteiger partial charge in [0.1, 0.15) is 29.1 Å². The second-order valence-corrected chi connectivity index (χ2v) is 8.93. The third kappa shape index (κ3) is 4.29. The number of carbonyl (C=O) groups is 1. The molecule has 1 aromatic carbocycles. The topological polar surface area (TPSA) is 75.1 Å². The summed E-state index contributed by atoms with van der Waals surface area (Å²) < 4.78 is 13.7. The van der Waals surface area contributed by atoms with E-state index in [1.165, 1.54) is 12.1 Å². The van der Waals surface area contributed by atoms with Crippen LogP contribution in [0.25, 0.3) is 0 Å². The average Bonchev–Trinajstić information content (AvgIpc) is 3.25. The smallest absolute Gasteiger partial charge is 0.228 e. The highest BCUT2D eigenvalue weighted by atomic mass is 19.1. The first kappa shape index (κ1) is 21.4. The second kappa shape index (κ2) is 8.50. The summed E-state index contributed by atoms with van der Waals surface area (Å²) in [4.78, 5) is 35.5. The molecule has 5 rings (SSSR count). The van der Waals surface area contributed by atoms with Crippen LogP contribution in [0, 0.1) is 26.6 Å². The molecule has 1 atom stereocenters. The number of halogens is 1. The largest absolute Gasteiger partial charge is 0.356 e. The number of nitrogens with zero attached hydrogens (tertiary/aromatic N) is 6. The van der Waals surface area contributed by atoms with Crippen molar-refractivity contribution >= 4 is 17.5 Å². The molecule has 2 aliphatic rings. The minimum Gasteiger partial charge on any atom is -0.356 e. The summed E-state index contributed by atoms with van der Waals surface area (Å²) in [5, 5.41) is 0. The van der Waals surface area contributed by atoms with Crippen molar-refractivity contribution in [3.63, 3.8) is 0 Å². The van der Waals surface area contributed by atoms with Crippen LogP contribution in [-0.2, 0) is 17.8 Å². The van der Waals surface area contributed by atoms with E-state index in [2.05, 4.69) is 14.9 Å². The third-order valence-electron chi connectivity index (χ3n) is 6.41. The zero-order chi connectivity index (χ0) is 23.1. The van der Waals surface area contributed by atoms with Gasteiger partial charge in [-0.3, -0.25) is 9.69 Å². The number of fused-ring (bicyclic) bond motifs is 1. The molecule has 2 aliphatic heterocycles. The zero-order valence-electron chi connectivity index (χ0n) is 19.2. The number of aryl methyl sites for hydroxylation is 3. The first-order valence-corrected chi connectivity index (χ1v) is 11.4. The summed E-state index contributed by atoms with van der Waals surface area (Å²) in [6.07, 6.45) is 1.96. The molecule has 0 N–H and O–H groups in total. The standard InChI is InChI=1S/C25H27FN6O/c1-15-11-22(29-17(3)27-15)31-10-9-19(14-31)24-28-16(2)21-7-8-23(33)32(25(21)30-24)13-18-5-4-6-20(26)12-18/h4-6,11-12,19H,7-10,13-14H2,1-3H3/t19-/m1/s1. The molecule has 2 aromatic heterocycles. The summed E-state index contributed by atoms with van der Waals surface area (Å²) in [7, 11) is 0. The average molecular weight is 447 g/mol. The number of amides is 1. The number of aromatic nitrogens is 4. The van der Waals surface area contributed by atoms with Crippen LogP contribution in [0.1, 0.15) is 52.9 Å². The Bertz CT molecular complexity index is 1210. The number of benzene rings is 1. The molecule has 1 saturated heterocycles. The third-order valence-corrected chi connectivity index (χ3v) is 6.41. The Balaban J connectivity index is 1.44. The van der Waals surface area contributed by atoms with Crippen molar-refractivity contribution in [2.24, 2.45) is 0 Å². The highest BCUT2D eigenvalue weighted by Gasteiger charge is 2.32. The van der Waals surface area contributed by atoms with Crippen molar-refractivity contribution in [2.75, 3.05) is 22.9 Å². The lowest BCUT2D eigenvalue weighted by molar-refractivity contribution is -0.119. The maximum Gasteiger partial charge on any atom is 0.228 e. The van der Waals surface area contributed by atoms with Crippen LogP contribution in [0.15, 0.2) is 30.3 Å². The Kier molecular flexibility index (Phi) is 5.52. The van der Waals surface area contributed by atoms with Crippen LogP contribution in [0.2, 0.25) is 0 Å². The van der Waals surface area contributed by atoms with Gasteiger partial charge in [0.2, 0.25) is 5.91 Å². The number of hydrogen-bond acceptors (Lipinski definition) is 6. The van der Waals surface area contributed by atoms with E-state index in [0.29, 0.717) is 25.2 Å². The Morgan fingerprint density at radius 3 is 2.70 bits per heavy atom. The summed E-state index contributed by atoms with van der Waals surface area (Å²) in [5.74, 6) is 2.98. The highest BCUT2D eigenvalue weighted by molar-refractivity contribution is 5.95. The van der Waals surface area contributed by atoms with E-state index < -0.39 is 0 Å². The molecule has 1 amide bonds. The van der Waals surface area contributed by atoms with Crippen LogP contribution in [0.4, 0.5) is 16.0 Å². The number of hydrogen-bond donors (Lipinski definition) is 0. The lowest BCUT2D eigenvalue weighted by Gasteiger charge is -2.30. The fourth-order valence-electron chi connectivity index (χ4n) is 4.81. The molecule has 7 nitrogen and oxygen atoms in total. The molecule has 0 aliphatic carbocycles. The van der Waals surface area contributed by atoms with Gasteiger partial charge in [-0.1, -0.05) is 12.1 Å². The molecule has 0 bridgehead atoms. The first-order valence-electron chi connectivity index (χ1n) is 11.4. The van der Waals surface area contributed by atoms with Gasteiger partial charge < -0.3 is 4.90 Å². The predicted molar refractivity (Wildman–Crippen MR) is 124 cm³/mol. The highest BCUT2D eigenvalue weighted by Crippen LogP contribution is 2.34. The van der Waals surface area contributed by atoms with Gasteiger partial charge in [-0.25, -0.2) is 24.3 Å². The molecule has 8 heteroatoms. The number of anilines is 2. The van der Waals surface area contributed by atoms with Gasteiger partial charge in [-0.15, -0.1) is 0 Å². The van der Waals surface area contributed by atoms with E-state index in [4.69, 9.17) is 9.97 Å². The Labute approximate surface area is 192 Å². The van der Waals surface area contributed by atoms with Crippen LogP contribution in [0.5, 0.6) is 0 Å². The zero-order valence-corrected chi connectivity index (χ0v) is 19.2. The van der Waals surface area contributed by atoms with E-state index in [1.54, 1.807) is 11.0 Å². The Hall–Kier alpha value is -3.42. The van der Waals surface area contributed by atoms with Gasteiger partial charge in [-0.05, 0) is 51.3 Å². The Morgan fingerprint density at radius 2 is 1.91 bits per heavy atom. The van der Waals surface area contributed by atoms with Crippen LogP contribution < -0.4 is 9.80 Å². The van der Waals surface area contributed by atoms with E-state index in [0.717, 1.165) is 59.5 Å². The van der Waals surface area contributed by atoms with Crippen LogP contribution in [0.3, 0.4) is 0 Å². The van der Waals surface area contributed by atoms with Gasteiger partial charge >= 0.3 is 0 Å². The number of carbonyl (C=O) groups excluding carboxylic acids is 1. The summed E-state index contributed by atoms with van der Waals surface area (Å²) >= 11 is 0. The van der Waals surface area contributed by atoms with Gasteiger partial charge in [0.25, 0.3) is 0 Å². The minimum absolute atomic E-state index is 0.01000. The van der Waals surface area contributed by atoms with E-state index in [9.17, 15) is 9.18 Å². The monoisotopic (exact) mass is 446 g/mol. The van der Waals surface area contributed by atoms with Crippen molar-refractivity contribution in [3.8, 4) is 0 Å². The molecule has 0 spiro atoms. The molecule has 33 heavy (non-hydrogen) atoms. The van der Waals surface area contributed by atoms with Gasteiger partial charge in [0, 0.05) is 48.4 Å². The van der Waals surface area contributed by atoms with Crippen LogP contribution >= 0.6 is 0 Å². The molecule has 3 aromatic rings. The minimum atomic E-state index is -0.307. The SMILES string of the molecule is Cc1cc(N2CC[C@@H](c3nc(C)c4c(n3)N(Cc3cccc(F)c3)C(=O)CC4)C2)nc(C)n1. The van der Waals surface area contributed by atoms with E-state index in [1.807, 2.05) is 32.9 Å². The Morgan fingerprint density at radius 1 is 1.06 bits per heavy atom. The normalized spacial score (nSPS) is 18.1. The molecule has 1 fully saturated rings. The summed E-state index contributed by atoms with van der Waals surface area (Å²) in [5.41, 5.74) is 3.62. The molecule has 4 heterocycles. The fourth-order valence-corrected chi connectivity index (χ4v) is 4.81. The van der Waals surface area contributed by atoms with Gasteiger partial charge in [0.15, 0.2) is 0 Å². The van der Waals surface area contributed by atoms with Gasteiger partial charge in [-0.2, -0.15) is 0 Å². The van der Waals surface area contributed by atoms with Gasteiger partial charge in [0.05, 0.1) is 6.54 Å². The molecule has 0 saturated carbocycles. The molecular weight excluding hydrogens is 419 g/mol. The maximum absolute atomic E-state index is 13.7. The lowest BCUT2D eigenvalue weighted by Crippen LogP contribution is -2.36. The quantitative estimate of drug-likeness (QED) is 0.607. The van der Waals surface area contributed by atoms with E-state index in [-0.39, 0.29) is 17.6 Å². The predicted octanol–water partition coefficient (Wildman–Crippen LogP) is 3.80. The molecule has 0 radical (unpaired) electrons. The molecule has 0 unspecified atom stereocenters. The first-order chi connectivity index (χ1) is 15.9. The number of rotatable bonds is 4.